The van der Waals surface area contributed by atoms with E-state index in [4.69, 9.17) is 0 Å². The Morgan fingerprint density at radius 1 is 1.13 bits per heavy atom. The molecular weight excluding hydrogens is 313 g/mol. The van der Waals surface area contributed by atoms with Gasteiger partial charge in [-0.2, -0.15) is 0 Å². The van der Waals surface area contributed by atoms with Crippen LogP contribution in [0.25, 0.3) is 0 Å². The van der Waals surface area contributed by atoms with Crippen molar-refractivity contribution >= 4 is 22.4 Å². The third kappa shape index (κ3) is 5.71. The minimum absolute atomic E-state index is 0.0141. The first kappa shape index (κ1) is 17.5. The minimum atomic E-state index is -0.540. The van der Waals surface area contributed by atoms with E-state index in [1.54, 1.807) is 12.1 Å². The molecule has 0 saturated carbocycles. The Kier molecular flexibility index (Phi) is 7.13. The number of nitrogens with zero attached hydrogens (tertiary/aromatic N) is 2. The summed E-state index contributed by atoms with van der Waals surface area (Å²) < 4.78 is 13.5. The third-order valence-electron chi connectivity index (χ3n) is 3.55. The van der Waals surface area contributed by atoms with Crippen molar-refractivity contribution in [1.29, 1.82) is 0 Å². The van der Waals surface area contributed by atoms with Crippen LogP contribution in [-0.4, -0.2) is 16.1 Å². The number of carbonyl (C=O) groups excluding carboxylic acids is 1. The first-order valence-electron chi connectivity index (χ1n) is 8.09. The van der Waals surface area contributed by atoms with Crippen LogP contribution in [0, 0.1) is 5.82 Å². The van der Waals surface area contributed by atoms with Crippen LogP contribution in [0.15, 0.2) is 24.3 Å². The van der Waals surface area contributed by atoms with E-state index in [0.717, 1.165) is 17.8 Å². The van der Waals surface area contributed by atoms with Crippen molar-refractivity contribution in [2.45, 2.75) is 51.9 Å². The molecule has 0 atom stereocenters. The van der Waals surface area contributed by atoms with Gasteiger partial charge < -0.3 is 0 Å². The van der Waals surface area contributed by atoms with Crippen LogP contribution in [-0.2, 0) is 6.42 Å². The number of aryl methyl sites for hydroxylation is 1. The molecule has 0 saturated heterocycles. The summed E-state index contributed by atoms with van der Waals surface area (Å²) in [6.07, 6.45) is 8.24. The van der Waals surface area contributed by atoms with Crippen molar-refractivity contribution in [1.82, 2.24) is 10.2 Å². The van der Waals surface area contributed by atoms with Crippen LogP contribution in [0.2, 0.25) is 0 Å². The van der Waals surface area contributed by atoms with E-state index < -0.39 is 11.7 Å². The molecule has 1 N–H and O–H groups in total. The number of amides is 1. The predicted octanol–water partition coefficient (Wildman–Crippen LogP) is 4.83. The van der Waals surface area contributed by atoms with Gasteiger partial charge in [-0.05, 0) is 18.6 Å². The van der Waals surface area contributed by atoms with Gasteiger partial charge in [-0.25, -0.2) is 4.39 Å². The highest BCUT2D eigenvalue weighted by Crippen LogP contribution is 2.19. The molecule has 6 heteroatoms. The second-order valence-corrected chi connectivity index (χ2v) is 6.51. The van der Waals surface area contributed by atoms with E-state index in [1.165, 1.54) is 55.6 Å². The summed E-state index contributed by atoms with van der Waals surface area (Å²) in [5.41, 5.74) is 0.0141. The first-order chi connectivity index (χ1) is 11.2. The lowest BCUT2D eigenvalue weighted by Crippen LogP contribution is -2.13. The lowest BCUT2D eigenvalue weighted by atomic mass is 10.1. The quantitative estimate of drug-likeness (QED) is 0.668. The predicted molar refractivity (Wildman–Crippen MR) is 91.3 cm³/mol. The fourth-order valence-electron chi connectivity index (χ4n) is 2.27. The van der Waals surface area contributed by atoms with Gasteiger partial charge in [0, 0.05) is 6.42 Å². The molecule has 2 rings (SSSR count). The van der Waals surface area contributed by atoms with Gasteiger partial charge >= 0.3 is 0 Å². The van der Waals surface area contributed by atoms with E-state index >= 15 is 0 Å². The van der Waals surface area contributed by atoms with Crippen molar-refractivity contribution in [2.24, 2.45) is 0 Å². The van der Waals surface area contributed by atoms with E-state index in [0.29, 0.717) is 5.13 Å². The summed E-state index contributed by atoms with van der Waals surface area (Å²) in [7, 11) is 0. The number of hydrogen-bond acceptors (Lipinski definition) is 4. The molecule has 0 spiro atoms. The zero-order valence-electron chi connectivity index (χ0n) is 13.3. The largest absolute Gasteiger partial charge is 0.296 e. The third-order valence-corrected chi connectivity index (χ3v) is 4.45. The molecule has 4 nitrogen and oxygen atoms in total. The highest BCUT2D eigenvalue weighted by molar-refractivity contribution is 7.15. The molecule has 1 heterocycles. The Bertz CT molecular complexity index is 630. The van der Waals surface area contributed by atoms with Crippen LogP contribution >= 0.6 is 11.3 Å². The molecule has 1 aromatic heterocycles. The van der Waals surface area contributed by atoms with Crippen molar-refractivity contribution in [3.05, 3.63) is 40.7 Å². The van der Waals surface area contributed by atoms with Gasteiger partial charge in [0.1, 0.15) is 10.8 Å². The summed E-state index contributed by atoms with van der Waals surface area (Å²) in [6.45, 7) is 2.21. The topological polar surface area (TPSA) is 54.9 Å². The zero-order valence-corrected chi connectivity index (χ0v) is 14.2. The number of rotatable bonds is 9. The fraction of sp³-hybridized carbons (Fsp3) is 0.471. The van der Waals surface area contributed by atoms with Gasteiger partial charge in [0.05, 0.1) is 5.56 Å². The van der Waals surface area contributed by atoms with Crippen LogP contribution in [0.5, 0.6) is 0 Å². The number of anilines is 1. The highest BCUT2D eigenvalue weighted by Gasteiger charge is 2.13. The molecule has 0 bridgehead atoms. The van der Waals surface area contributed by atoms with E-state index in [1.807, 2.05) is 0 Å². The summed E-state index contributed by atoms with van der Waals surface area (Å²) >= 11 is 1.35. The number of carbonyl (C=O) groups is 1. The van der Waals surface area contributed by atoms with Crippen molar-refractivity contribution < 1.29 is 9.18 Å². The van der Waals surface area contributed by atoms with Crippen LogP contribution in [0.4, 0.5) is 9.52 Å². The fourth-order valence-corrected chi connectivity index (χ4v) is 3.05. The Hall–Kier alpha value is -1.82. The van der Waals surface area contributed by atoms with Crippen LogP contribution < -0.4 is 5.32 Å². The van der Waals surface area contributed by atoms with Gasteiger partial charge in [-0.15, -0.1) is 10.2 Å². The lowest BCUT2D eigenvalue weighted by molar-refractivity contribution is 0.102. The molecule has 0 aliphatic heterocycles. The van der Waals surface area contributed by atoms with Gasteiger partial charge in [0.15, 0.2) is 0 Å². The summed E-state index contributed by atoms with van der Waals surface area (Å²) in [5, 5.41) is 12.0. The van der Waals surface area contributed by atoms with Crippen LogP contribution in [0.1, 0.15) is 60.8 Å². The molecule has 23 heavy (non-hydrogen) atoms. The number of hydrogen-bond donors (Lipinski definition) is 1. The van der Waals surface area contributed by atoms with Gasteiger partial charge in [-0.1, -0.05) is 62.5 Å². The average Bonchev–Trinajstić information content (AvgIpc) is 2.98. The minimum Gasteiger partial charge on any atom is -0.296 e. The maximum Gasteiger partial charge on any atom is 0.260 e. The van der Waals surface area contributed by atoms with E-state index in [-0.39, 0.29) is 5.56 Å². The average molecular weight is 335 g/mol. The highest BCUT2D eigenvalue weighted by atomic mass is 32.1. The van der Waals surface area contributed by atoms with Gasteiger partial charge in [0.25, 0.3) is 5.91 Å². The van der Waals surface area contributed by atoms with Crippen molar-refractivity contribution in [2.75, 3.05) is 5.32 Å². The number of benzene rings is 1. The standard InChI is InChI=1S/C17H22FN3OS/c1-2-3-4-5-6-7-12-15-20-21-17(23-15)19-16(22)13-10-8-9-11-14(13)18/h8-11H,2-7,12H2,1H3,(H,19,21,22). The SMILES string of the molecule is CCCCCCCCc1nnc(NC(=O)c2ccccc2F)s1. The number of unbranched alkanes of at least 4 members (excludes halogenated alkanes) is 5. The summed E-state index contributed by atoms with van der Waals surface area (Å²) in [5.74, 6) is -1.04. The first-order valence-corrected chi connectivity index (χ1v) is 8.90. The number of aromatic nitrogens is 2. The molecule has 0 aliphatic carbocycles. The smallest absolute Gasteiger partial charge is 0.260 e. The molecule has 0 unspecified atom stereocenters. The summed E-state index contributed by atoms with van der Waals surface area (Å²) in [6, 6.07) is 5.89. The Labute approximate surface area is 140 Å². The molecule has 1 aromatic carbocycles. The van der Waals surface area contributed by atoms with Gasteiger partial charge in [0.2, 0.25) is 5.13 Å². The molecule has 0 aliphatic rings. The van der Waals surface area contributed by atoms with Crippen molar-refractivity contribution in [3.8, 4) is 0 Å². The van der Waals surface area contributed by atoms with Crippen LogP contribution in [0.3, 0.4) is 0 Å². The van der Waals surface area contributed by atoms with E-state index in [9.17, 15) is 9.18 Å². The van der Waals surface area contributed by atoms with Crippen molar-refractivity contribution in [3.63, 3.8) is 0 Å². The lowest BCUT2D eigenvalue weighted by Gasteiger charge is -2.01. The Morgan fingerprint density at radius 2 is 1.87 bits per heavy atom. The molecule has 1 amide bonds. The second kappa shape index (κ2) is 9.35. The molecule has 124 valence electrons. The maximum absolute atomic E-state index is 13.5. The molecule has 0 fully saturated rings. The normalized spacial score (nSPS) is 10.7. The number of nitrogens with one attached hydrogen (secondary N) is 1. The summed E-state index contributed by atoms with van der Waals surface area (Å²) in [4.78, 5) is 12.0. The molecule has 2 aromatic rings. The van der Waals surface area contributed by atoms with Gasteiger partial charge in [-0.3, -0.25) is 10.1 Å². The maximum atomic E-state index is 13.5. The Balaban J connectivity index is 1.78. The second-order valence-electron chi connectivity index (χ2n) is 5.45. The zero-order chi connectivity index (χ0) is 16.5. The molecular formula is C17H22FN3OS. The Morgan fingerprint density at radius 3 is 2.65 bits per heavy atom. The number of halogens is 1. The monoisotopic (exact) mass is 335 g/mol. The molecule has 0 radical (unpaired) electrons. The van der Waals surface area contributed by atoms with E-state index in [2.05, 4.69) is 22.4 Å².